The summed E-state index contributed by atoms with van der Waals surface area (Å²) in [5, 5.41) is 22.6. The number of nitrogens with one attached hydrogen (secondary N) is 5. The van der Waals surface area contributed by atoms with Crippen LogP contribution in [0.15, 0.2) is 30.5 Å². The average molecular weight is 774 g/mol. The first kappa shape index (κ1) is 46.7. The van der Waals surface area contributed by atoms with Crippen molar-refractivity contribution in [1.29, 1.82) is 0 Å². The van der Waals surface area contributed by atoms with Gasteiger partial charge in [-0.25, -0.2) is 4.68 Å². The minimum atomic E-state index is -0.781. The number of hydrogen-bond acceptors (Lipinski definition) is 11. The summed E-state index contributed by atoms with van der Waals surface area (Å²) in [7, 11) is 4.94. The number of nitrogens with two attached hydrogens (primary N) is 1. The fourth-order valence-corrected chi connectivity index (χ4v) is 5.57. The molecule has 0 aliphatic rings. The van der Waals surface area contributed by atoms with Gasteiger partial charge in [0.25, 0.3) is 5.91 Å². The molecule has 1 aromatic carbocycles. The maximum absolute atomic E-state index is 12.8. The number of rotatable bonds is 30. The van der Waals surface area contributed by atoms with Crippen LogP contribution in [0.2, 0.25) is 0 Å². The van der Waals surface area contributed by atoms with Crippen molar-refractivity contribution < 1.29 is 38.2 Å². The Morgan fingerprint density at radius 2 is 1.62 bits per heavy atom. The minimum Gasteiger partial charge on any atom is -0.382 e. The molecule has 0 fully saturated rings. The molecule has 17 nitrogen and oxygen atoms in total. The molecule has 5 amide bonds. The maximum Gasteiger partial charge on any atom is 0.251 e. The number of carbonyl (C=O) groups is 5. The van der Waals surface area contributed by atoms with Crippen LogP contribution in [-0.4, -0.2) is 117 Å². The van der Waals surface area contributed by atoms with Crippen LogP contribution in [0.5, 0.6) is 0 Å². The van der Waals surface area contributed by atoms with E-state index in [1.807, 2.05) is 19.9 Å². The summed E-state index contributed by atoms with van der Waals surface area (Å²) in [5.41, 5.74) is 7.45. The number of ether oxygens (including phenoxy) is 3. The predicted octanol–water partition coefficient (Wildman–Crippen LogP) is 1.19. The Bertz CT molecular complexity index is 1450. The second-order valence-corrected chi connectivity index (χ2v) is 13.9. The summed E-state index contributed by atoms with van der Waals surface area (Å²) >= 11 is 0. The van der Waals surface area contributed by atoms with Crippen LogP contribution in [0.4, 0.5) is 0 Å². The van der Waals surface area contributed by atoms with Crippen molar-refractivity contribution in [3.8, 4) is 0 Å². The Hall–Kier alpha value is -4.45. The van der Waals surface area contributed by atoms with E-state index < -0.39 is 18.0 Å². The molecule has 55 heavy (non-hydrogen) atoms. The van der Waals surface area contributed by atoms with Gasteiger partial charge in [0, 0.05) is 52.3 Å². The molecule has 0 aliphatic heterocycles. The second-order valence-electron chi connectivity index (χ2n) is 13.9. The van der Waals surface area contributed by atoms with Crippen LogP contribution in [0.3, 0.4) is 0 Å². The molecule has 0 saturated heterocycles. The number of likely N-dealkylation sites (N-methyl/N-ethyl adjacent to an activating group) is 1. The first-order chi connectivity index (χ1) is 26.4. The average Bonchev–Trinajstić information content (AvgIpc) is 3.61. The summed E-state index contributed by atoms with van der Waals surface area (Å²) in [6.07, 6.45) is 6.35. The molecule has 0 aliphatic carbocycles. The highest BCUT2D eigenvalue weighted by Crippen LogP contribution is 2.10. The van der Waals surface area contributed by atoms with Crippen LogP contribution < -0.4 is 32.3 Å². The predicted molar refractivity (Wildman–Crippen MR) is 207 cm³/mol. The fraction of sp³-hybridized carbons (Fsp3) is 0.658. The largest absolute Gasteiger partial charge is 0.382 e. The molecule has 7 N–H and O–H groups in total. The van der Waals surface area contributed by atoms with Gasteiger partial charge < -0.3 is 46.5 Å². The molecule has 2 rings (SSSR count). The Morgan fingerprint density at radius 1 is 0.891 bits per heavy atom. The van der Waals surface area contributed by atoms with E-state index >= 15 is 0 Å². The molecule has 17 heteroatoms. The number of methoxy groups -OCH3 is 2. The molecule has 308 valence electrons. The van der Waals surface area contributed by atoms with Crippen molar-refractivity contribution in [3.05, 3.63) is 47.3 Å². The van der Waals surface area contributed by atoms with Crippen molar-refractivity contribution in [1.82, 2.24) is 41.6 Å². The van der Waals surface area contributed by atoms with Gasteiger partial charge in [-0.3, -0.25) is 24.0 Å². The van der Waals surface area contributed by atoms with E-state index in [1.165, 1.54) is 0 Å². The Kier molecular flexibility index (Phi) is 23.1. The number of benzene rings is 1. The van der Waals surface area contributed by atoms with Crippen molar-refractivity contribution in [3.63, 3.8) is 0 Å². The molecule has 0 saturated carbocycles. The molecule has 1 aromatic heterocycles. The first-order valence-corrected chi connectivity index (χ1v) is 19.1. The summed E-state index contributed by atoms with van der Waals surface area (Å²) in [4.78, 5) is 61.8. The van der Waals surface area contributed by atoms with Crippen molar-refractivity contribution in [2.24, 2.45) is 11.7 Å². The maximum atomic E-state index is 12.8. The highest BCUT2D eigenvalue weighted by Gasteiger charge is 2.23. The van der Waals surface area contributed by atoms with Crippen molar-refractivity contribution in [2.45, 2.75) is 103 Å². The van der Waals surface area contributed by atoms with E-state index in [1.54, 1.807) is 50.3 Å². The van der Waals surface area contributed by atoms with E-state index in [9.17, 15) is 24.0 Å². The van der Waals surface area contributed by atoms with Gasteiger partial charge in [-0.05, 0) is 75.6 Å². The Morgan fingerprint density at radius 3 is 2.31 bits per heavy atom. The van der Waals surface area contributed by atoms with E-state index in [2.05, 4.69) is 36.9 Å². The number of carbonyl (C=O) groups excluding carboxylic acids is 5. The minimum absolute atomic E-state index is 0.0909. The summed E-state index contributed by atoms with van der Waals surface area (Å²) < 4.78 is 17.5. The van der Waals surface area contributed by atoms with Crippen LogP contribution in [-0.2, 0) is 46.5 Å². The summed E-state index contributed by atoms with van der Waals surface area (Å²) in [6, 6.07) is 5.98. The summed E-state index contributed by atoms with van der Waals surface area (Å²) in [5.74, 6) is -1.04. The van der Waals surface area contributed by atoms with Crippen LogP contribution in [0.25, 0.3) is 0 Å². The molecule has 0 radical (unpaired) electrons. The lowest BCUT2D eigenvalue weighted by molar-refractivity contribution is -0.129. The van der Waals surface area contributed by atoms with Gasteiger partial charge in [-0.2, -0.15) is 0 Å². The van der Waals surface area contributed by atoms with E-state index in [0.717, 1.165) is 18.4 Å². The quantitative estimate of drug-likeness (QED) is 0.0618. The zero-order chi connectivity index (χ0) is 40.4. The van der Waals surface area contributed by atoms with E-state index in [-0.39, 0.29) is 49.1 Å². The van der Waals surface area contributed by atoms with Crippen molar-refractivity contribution >= 4 is 29.5 Å². The normalized spacial score (nSPS) is 12.8. The fourth-order valence-electron chi connectivity index (χ4n) is 5.57. The van der Waals surface area contributed by atoms with Gasteiger partial charge in [-0.1, -0.05) is 31.2 Å². The number of unbranched alkanes of at least 4 members (excludes halogenated alkanes) is 2. The zero-order valence-electron chi connectivity index (χ0n) is 33.2. The standard InChI is InChI=1S/C38H63N9O8/c1-27(2)20-33(40-3)38(52)44-32(36(39)50)14-6-7-18-42-37(51)29-13-10-12-28(21-29)23-47-24-30(45-46-47)22-43-35(49)16-11-15-34(48)41-17-8-9-19-55-26-31(54-5)25-53-4/h10,12-13,21,24,27,31-33,40H,6-9,11,14-20,22-23,25-26H2,1-5H3,(H2,39,50)(H,41,48)(H,42,51)(H,43,49)(H,44,52)/t31?,32-,33-/m0/s1. The molecule has 1 unspecified atom stereocenters. The smallest absolute Gasteiger partial charge is 0.251 e. The SMILES string of the molecule is CN[C@@H](CC(C)C)C(=O)N[C@@H](CCCCNC(=O)c1cccc(Cn2cc(CNC(=O)CCCC(=O)NCCCCOCC(COC)OC)nn2)c1)C(N)=O. The third-order valence-corrected chi connectivity index (χ3v) is 8.66. The highest BCUT2D eigenvalue weighted by atomic mass is 16.5. The third-order valence-electron chi connectivity index (χ3n) is 8.66. The van der Waals surface area contributed by atoms with Gasteiger partial charge in [0.15, 0.2) is 0 Å². The van der Waals surface area contributed by atoms with E-state index in [0.29, 0.717) is 88.7 Å². The van der Waals surface area contributed by atoms with Gasteiger partial charge in [0.05, 0.1) is 38.5 Å². The molecule has 1 heterocycles. The molecule has 0 bridgehead atoms. The van der Waals surface area contributed by atoms with Crippen LogP contribution in [0, 0.1) is 5.92 Å². The second kappa shape index (κ2) is 27.2. The number of primary amides is 1. The zero-order valence-corrected chi connectivity index (χ0v) is 33.2. The molecule has 0 spiro atoms. The number of amides is 5. The monoisotopic (exact) mass is 773 g/mol. The number of aromatic nitrogens is 3. The van der Waals surface area contributed by atoms with Crippen LogP contribution in [0.1, 0.15) is 93.3 Å². The van der Waals surface area contributed by atoms with Gasteiger partial charge in [0.1, 0.15) is 17.8 Å². The lowest BCUT2D eigenvalue weighted by Crippen LogP contribution is -2.51. The van der Waals surface area contributed by atoms with Gasteiger partial charge in [0.2, 0.25) is 23.6 Å². The topological polar surface area (TPSA) is 230 Å². The van der Waals surface area contributed by atoms with Gasteiger partial charge >= 0.3 is 0 Å². The molecular formula is C38H63N9O8. The number of hydrogen-bond donors (Lipinski definition) is 6. The molecule has 2 aromatic rings. The third kappa shape index (κ3) is 20.2. The first-order valence-electron chi connectivity index (χ1n) is 19.1. The summed E-state index contributed by atoms with van der Waals surface area (Å²) in [6.45, 7) is 7.07. The Labute approximate surface area is 324 Å². The lowest BCUT2D eigenvalue weighted by Gasteiger charge is -2.21. The van der Waals surface area contributed by atoms with Crippen molar-refractivity contribution in [2.75, 3.05) is 54.2 Å². The molecule has 3 atom stereocenters. The highest BCUT2D eigenvalue weighted by molar-refractivity contribution is 5.94. The Balaban J connectivity index is 1.64. The molecular weight excluding hydrogens is 710 g/mol. The lowest BCUT2D eigenvalue weighted by atomic mass is 10.0. The van der Waals surface area contributed by atoms with Gasteiger partial charge in [-0.15, -0.1) is 5.10 Å². The number of nitrogens with zero attached hydrogens (tertiary/aromatic N) is 3. The van der Waals surface area contributed by atoms with Crippen LogP contribution >= 0.6 is 0 Å². The van der Waals surface area contributed by atoms with E-state index in [4.69, 9.17) is 19.9 Å².